The molecular weight excluding hydrogens is 367 g/mol. The molecule has 1 aliphatic rings. The minimum Gasteiger partial charge on any atom is -0.352 e. The normalized spacial score (nSPS) is 12.7. The van der Waals surface area contributed by atoms with Gasteiger partial charge >= 0.3 is 0 Å². The lowest BCUT2D eigenvalue weighted by Crippen LogP contribution is -2.28. The Morgan fingerprint density at radius 2 is 2.03 bits per heavy atom. The highest BCUT2D eigenvalue weighted by Gasteiger charge is 2.23. The van der Waals surface area contributed by atoms with Gasteiger partial charge in [0.05, 0.1) is 6.54 Å². The van der Waals surface area contributed by atoms with Crippen molar-refractivity contribution in [3.05, 3.63) is 70.8 Å². The summed E-state index contributed by atoms with van der Waals surface area (Å²) in [4.78, 5) is 28.4. The fraction of sp³-hybridized carbons (Fsp3) is 0.304. The zero-order chi connectivity index (χ0) is 20.4. The summed E-state index contributed by atoms with van der Waals surface area (Å²) in [7, 11) is 1.87. The summed E-state index contributed by atoms with van der Waals surface area (Å²) >= 11 is 0. The second-order valence-electron chi connectivity index (χ2n) is 7.57. The molecule has 0 amide bonds. The number of anilines is 1. The Morgan fingerprint density at radius 1 is 1.17 bits per heavy atom. The molecule has 0 atom stereocenters. The number of fused-ring (bicyclic) bond motifs is 1. The quantitative estimate of drug-likeness (QED) is 0.642. The lowest BCUT2D eigenvalue weighted by atomic mass is 10.1. The van der Waals surface area contributed by atoms with E-state index in [1.165, 1.54) is 12.1 Å². The van der Waals surface area contributed by atoms with Crippen LogP contribution in [0.25, 0.3) is 11.5 Å². The van der Waals surface area contributed by atoms with Crippen molar-refractivity contribution in [2.24, 2.45) is 0 Å². The molecule has 0 unspecified atom stereocenters. The summed E-state index contributed by atoms with van der Waals surface area (Å²) < 4.78 is 13.4. The van der Waals surface area contributed by atoms with E-state index in [2.05, 4.69) is 4.98 Å². The number of carbonyl (C=O) groups excluding carboxylic acids is 1. The second-order valence-corrected chi connectivity index (χ2v) is 7.57. The summed E-state index contributed by atoms with van der Waals surface area (Å²) in [5.74, 6) is 1.07. The van der Waals surface area contributed by atoms with Crippen molar-refractivity contribution in [2.45, 2.75) is 32.6 Å². The molecule has 1 aliphatic carbocycles. The Bertz CT molecular complexity index is 1070. The third-order valence-electron chi connectivity index (χ3n) is 5.12. The zero-order valence-electron chi connectivity index (χ0n) is 16.7. The van der Waals surface area contributed by atoms with Gasteiger partial charge in [-0.25, -0.2) is 14.4 Å². The van der Waals surface area contributed by atoms with E-state index in [4.69, 9.17) is 9.97 Å². The molecule has 4 rings (SSSR count). The van der Waals surface area contributed by atoms with Gasteiger partial charge in [-0.15, -0.1) is 0 Å². The van der Waals surface area contributed by atoms with Crippen molar-refractivity contribution < 1.29 is 9.18 Å². The van der Waals surface area contributed by atoms with E-state index in [-0.39, 0.29) is 24.6 Å². The van der Waals surface area contributed by atoms with E-state index < -0.39 is 0 Å². The first kappa shape index (κ1) is 19.2. The Labute approximate surface area is 169 Å². The molecule has 0 N–H and O–H groups in total. The monoisotopic (exact) mass is 390 g/mol. The van der Waals surface area contributed by atoms with Crippen LogP contribution in [0.5, 0.6) is 0 Å². The van der Waals surface area contributed by atoms with Crippen LogP contribution in [0, 0.1) is 12.7 Å². The largest absolute Gasteiger partial charge is 0.352 e. The number of Topliss-reactive ketones (excluding diaryl/α,β-unsaturated/α-hetero) is 1. The van der Waals surface area contributed by atoms with Crippen molar-refractivity contribution in [3.8, 4) is 11.5 Å². The first-order valence-electron chi connectivity index (χ1n) is 9.79. The number of halogens is 1. The molecule has 0 bridgehead atoms. The fourth-order valence-electron chi connectivity index (χ4n) is 3.77. The van der Waals surface area contributed by atoms with Gasteiger partial charge in [-0.1, -0.05) is 12.1 Å². The first-order chi connectivity index (χ1) is 14.0. The van der Waals surface area contributed by atoms with Gasteiger partial charge in [-0.05, 0) is 61.6 Å². The van der Waals surface area contributed by atoms with E-state index in [9.17, 15) is 9.18 Å². The topological polar surface area (TPSA) is 59.0 Å². The maximum Gasteiger partial charge on any atom is 0.180 e. The van der Waals surface area contributed by atoms with Crippen LogP contribution in [0.1, 0.15) is 28.8 Å². The molecule has 3 aromatic rings. The Morgan fingerprint density at radius 3 is 2.83 bits per heavy atom. The molecule has 0 spiro atoms. The summed E-state index contributed by atoms with van der Waals surface area (Å²) in [6.07, 6.45) is 4.81. The molecule has 0 saturated carbocycles. The number of hydrogen-bond donors (Lipinski definition) is 0. The fourth-order valence-corrected chi connectivity index (χ4v) is 3.77. The number of hydrogen-bond acceptors (Lipinski definition) is 5. The van der Waals surface area contributed by atoms with Crippen molar-refractivity contribution in [1.29, 1.82) is 0 Å². The number of carbonyl (C=O) groups is 1. The number of aromatic nitrogens is 3. The summed E-state index contributed by atoms with van der Waals surface area (Å²) in [5.41, 5.74) is 4.67. The van der Waals surface area contributed by atoms with Crippen molar-refractivity contribution in [1.82, 2.24) is 15.0 Å². The van der Waals surface area contributed by atoms with Crippen LogP contribution in [0.15, 0.2) is 42.6 Å². The van der Waals surface area contributed by atoms with Crippen LogP contribution >= 0.6 is 0 Å². The molecule has 0 radical (unpaired) electrons. The highest BCUT2D eigenvalue weighted by atomic mass is 19.1. The molecule has 6 heteroatoms. The molecule has 148 valence electrons. The number of nitrogens with zero attached hydrogens (tertiary/aromatic N) is 4. The van der Waals surface area contributed by atoms with Crippen LogP contribution in [0.2, 0.25) is 0 Å². The zero-order valence-corrected chi connectivity index (χ0v) is 16.7. The standard InChI is InChI=1S/C23H23FN4O/c1-15-9-10-25-21(11-15)22-26-20-8-4-7-19(20)23(27-22)28(2)14-18(29)13-16-5-3-6-17(24)12-16/h3,5-6,9-12H,4,7-8,13-14H2,1-2H3. The number of rotatable bonds is 6. The SMILES string of the molecule is Cc1ccnc(-c2nc3c(c(N(C)CC(=O)Cc4cccc(F)c4)n2)CCC3)c1. The number of likely N-dealkylation sites (N-methyl/N-ethyl adjacent to an activating group) is 1. The van der Waals surface area contributed by atoms with Gasteiger partial charge < -0.3 is 4.90 Å². The molecule has 0 aliphatic heterocycles. The van der Waals surface area contributed by atoms with Crippen molar-refractivity contribution >= 4 is 11.6 Å². The number of ketones is 1. The Kier molecular flexibility index (Phi) is 5.34. The lowest BCUT2D eigenvalue weighted by molar-refractivity contribution is -0.117. The van der Waals surface area contributed by atoms with Gasteiger partial charge in [-0.2, -0.15) is 0 Å². The average molecular weight is 390 g/mol. The van der Waals surface area contributed by atoms with Crippen LogP contribution in [-0.2, 0) is 24.1 Å². The van der Waals surface area contributed by atoms with Gasteiger partial charge in [0.15, 0.2) is 11.6 Å². The Hall–Kier alpha value is -3.15. The van der Waals surface area contributed by atoms with E-state index in [1.807, 2.05) is 31.0 Å². The molecule has 0 fully saturated rings. The van der Waals surface area contributed by atoms with Gasteiger partial charge in [0.1, 0.15) is 17.3 Å². The van der Waals surface area contributed by atoms with Gasteiger partial charge in [-0.3, -0.25) is 9.78 Å². The lowest BCUT2D eigenvalue weighted by Gasteiger charge is -2.21. The maximum absolute atomic E-state index is 13.4. The highest BCUT2D eigenvalue weighted by Crippen LogP contribution is 2.30. The molecule has 2 aromatic heterocycles. The highest BCUT2D eigenvalue weighted by molar-refractivity contribution is 5.85. The average Bonchev–Trinajstić information content (AvgIpc) is 3.15. The maximum atomic E-state index is 13.4. The van der Waals surface area contributed by atoms with E-state index in [0.29, 0.717) is 11.4 Å². The molecule has 0 saturated heterocycles. The van der Waals surface area contributed by atoms with E-state index in [0.717, 1.165) is 47.6 Å². The third-order valence-corrected chi connectivity index (χ3v) is 5.12. The molecule has 2 heterocycles. The predicted molar refractivity (Wildman–Crippen MR) is 110 cm³/mol. The Balaban J connectivity index is 1.59. The van der Waals surface area contributed by atoms with Crippen LogP contribution in [0.3, 0.4) is 0 Å². The smallest absolute Gasteiger partial charge is 0.180 e. The molecule has 29 heavy (non-hydrogen) atoms. The number of benzene rings is 1. The summed E-state index contributed by atoms with van der Waals surface area (Å²) in [6, 6.07) is 10.1. The van der Waals surface area contributed by atoms with Crippen LogP contribution < -0.4 is 4.90 Å². The van der Waals surface area contributed by atoms with Gasteiger partial charge in [0, 0.05) is 30.9 Å². The van der Waals surface area contributed by atoms with Crippen LogP contribution in [0.4, 0.5) is 10.2 Å². The summed E-state index contributed by atoms with van der Waals surface area (Å²) in [6.45, 7) is 2.22. The first-order valence-corrected chi connectivity index (χ1v) is 9.79. The van der Waals surface area contributed by atoms with Crippen LogP contribution in [-0.4, -0.2) is 34.3 Å². The molecular formula is C23H23FN4O. The number of aryl methyl sites for hydroxylation is 2. The summed E-state index contributed by atoms with van der Waals surface area (Å²) in [5, 5.41) is 0. The van der Waals surface area contributed by atoms with Crippen molar-refractivity contribution in [3.63, 3.8) is 0 Å². The third kappa shape index (κ3) is 4.31. The minimum absolute atomic E-state index is 0.0127. The molecule has 5 nitrogen and oxygen atoms in total. The van der Waals surface area contributed by atoms with E-state index >= 15 is 0 Å². The van der Waals surface area contributed by atoms with E-state index in [1.54, 1.807) is 18.3 Å². The van der Waals surface area contributed by atoms with Gasteiger partial charge in [0.2, 0.25) is 0 Å². The minimum atomic E-state index is -0.326. The number of pyridine rings is 1. The van der Waals surface area contributed by atoms with Gasteiger partial charge in [0.25, 0.3) is 0 Å². The predicted octanol–water partition coefficient (Wildman–Crippen LogP) is 3.72. The second kappa shape index (κ2) is 8.07. The molecule has 1 aromatic carbocycles. The van der Waals surface area contributed by atoms with Crippen molar-refractivity contribution in [2.75, 3.05) is 18.5 Å².